The van der Waals surface area contributed by atoms with Crippen LogP contribution >= 0.6 is 87.9 Å². The van der Waals surface area contributed by atoms with Crippen LogP contribution in [0.4, 0.5) is 39.5 Å². The number of sulfone groups is 2. The van der Waals surface area contributed by atoms with Gasteiger partial charge in [0.25, 0.3) is 9.05 Å². The Labute approximate surface area is 851 Å². The van der Waals surface area contributed by atoms with Crippen molar-refractivity contribution in [3.63, 3.8) is 0 Å². The maximum Gasteiger partial charge on any atom is 0.489 e. The Morgan fingerprint density at radius 2 is 0.844 bits per heavy atom. The summed E-state index contributed by atoms with van der Waals surface area (Å²) < 4.78 is 225. The molecule has 796 valence electrons. The van der Waals surface area contributed by atoms with E-state index in [9.17, 15) is 73.2 Å². The molecular weight excluding hydrogens is 2190 g/mol. The molecule has 60 heteroatoms. The number of nitrogens with one attached hydrogen (secondary N) is 3. The number of primary sulfonamides is 1. The molecule has 5 aliphatic rings. The van der Waals surface area contributed by atoms with Gasteiger partial charge in [-0.2, -0.15) is 39.5 Å². The number of rotatable bonds is 14. The minimum absolute atomic E-state index is 0.0169. The van der Waals surface area contributed by atoms with Crippen molar-refractivity contribution < 1.29 is 133 Å². The molecule has 37 nitrogen and oxygen atoms in total. The van der Waals surface area contributed by atoms with Gasteiger partial charge in [0.15, 0.2) is 25.5 Å². The predicted molar refractivity (Wildman–Crippen MR) is 543 cm³/mol. The fourth-order valence-electron chi connectivity index (χ4n) is 11.4. The Kier molecular flexibility index (Phi) is 54.9. The van der Waals surface area contributed by atoms with E-state index in [1.165, 1.54) is 72.6 Å². The average Bonchev–Trinajstić information content (AvgIpc) is 1.64. The quantitative estimate of drug-likeness (QED) is 0.0276. The van der Waals surface area contributed by atoms with Crippen molar-refractivity contribution >= 4 is 186 Å². The molecule has 0 radical (unpaired) electrons. The van der Waals surface area contributed by atoms with E-state index >= 15 is 0 Å². The molecule has 0 spiro atoms. The van der Waals surface area contributed by atoms with Crippen molar-refractivity contribution in [1.29, 1.82) is 0 Å². The predicted octanol–water partition coefficient (Wildman–Crippen LogP) is 8.40. The van der Waals surface area contributed by atoms with Crippen molar-refractivity contribution in [2.45, 2.75) is 195 Å². The molecule has 5 aliphatic heterocycles. The van der Waals surface area contributed by atoms with E-state index in [2.05, 4.69) is 61.8 Å². The third-order valence-electron chi connectivity index (χ3n) is 19.4. The maximum absolute atomic E-state index is 12.8. The highest BCUT2D eigenvalue weighted by atomic mass is 79.9. The topological polar surface area (TPSA) is 662 Å². The molecule has 0 saturated carbocycles. The lowest BCUT2D eigenvalue weighted by atomic mass is 9.79. The van der Waals surface area contributed by atoms with Crippen LogP contribution in [0.5, 0.6) is 0 Å². The zero-order chi connectivity index (χ0) is 107. The minimum atomic E-state index is -4.52. The molecule has 29 N–H and O–H groups in total. The Balaban J connectivity index is 0.000000403. The Bertz CT molecular complexity index is 5530. The molecule has 15 rings (SSSR count). The third-order valence-corrected chi connectivity index (χ3v) is 32.1. The number of hydrogen-bond acceptors (Lipinski definition) is 37. The van der Waals surface area contributed by atoms with Gasteiger partial charge in [-0.1, -0.05) is 0 Å². The first-order chi connectivity index (χ1) is 65.0. The number of nitrogens with zero attached hydrogens (tertiary/aromatic N) is 5. The van der Waals surface area contributed by atoms with Gasteiger partial charge in [-0.25, -0.2) is 53.8 Å². The Morgan fingerprint density at radius 3 is 1.07 bits per heavy atom. The van der Waals surface area contributed by atoms with Crippen molar-refractivity contribution in [3.8, 4) is 20.9 Å². The lowest BCUT2D eigenvalue weighted by Crippen LogP contribution is -2.46. The van der Waals surface area contributed by atoms with E-state index in [0.717, 1.165) is 170 Å². The Hall–Kier alpha value is -5.44. The van der Waals surface area contributed by atoms with Crippen molar-refractivity contribution in [2.24, 2.45) is 51.0 Å². The normalized spacial score (nSPS) is 16.6. The van der Waals surface area contributed by atoms with E-state index < -0.39 is 105 Å². The largest absolute Gasteiger partial charge is 0.489 e. The molecule has 141 heavy (non-hydrogen) atoms. The molecule has 10 aromatic heterocycles. The molecular formula is C81H126B3Br2ClF9N17O20S8. The molecule has 0 aromatic carbocycles. The lowest BCUT2D eigenvalue weighted by Gasteiger charge is -2.30. The van der Waals surface area contributed by atoms with Crippen LogP contribution in [0.15, 0.2) is 128 Å². The van der Waals surface area contributed by atoms with Gasteiger partial charge in [0.1, 0.15) is 50.9 Å². The monoisotopic (exact) mass is 2310 g/mol. The highest BCUT2D eigenvalue weighted by molar-refractivity contribution is 9.11. The summed E-state index contributed by atoms with van der Waals surface area (Å²) in [5.41, 5.74) is 39.8. The summed E-state index contributed by atoms with van der Waals surface area (Å²) >= 11 is 10.5. The van der Waals surface area contributed by atoms with E-state index in [1.54, 1.807) is 71.7 Å². The zero-order valence-electron chi connectivity index (χ0n) is 78.8. The summed E-state index contributed by atoms with van der Waals surface area (Å²) in [5.74, 6) is -0.413. The van der Waals surface area contributed by atoms with Crippen LogP contribution in [0, 0.1) is 0 Å². The van der Waals surface area contributed by atoms with E-state index in [4.69, 9.17) is 121 Å². The number of aromatic amines is 3. The molecule has 5 fully saturated rings. The molecule has 2 unspecified atom stereocenters. The number of aliphatic hydroxyl groups excluding tert-OH is 2. The van der Waals surface area contributed by atoms with Gasteiger partial charge in [-0.3, -0.25) is 0 Å². The van der Waals surface area contributed by atoms with Crippen LogP contribution in [0.25, 0.3) is 54.0 Å². The van der Waals surface area contributed by atoms with Gasteiger partial charge >= 0.3 is 39.7 Å². The lowest BCUT2D eigenvalue weighted by molar-refractivity contribution is -0.141. The van der Waals surface area contributed by atoms with Crippen LogP contribution in [0.1, 0.15) is 110 Å². The van der Waals surface area contributed by atoms with Gasteiger partial charge in [0.2, 0.25) is 10.0 Å². The molecule has 5 saturated heterocycles. The minimum Gasteiger partial charge on any atom is -0.437 e. The SMILES string of the molecule is CB(O)N1CCC(N)CC1.CB(O)N1CCC(N)CC1.CC(C)(O)CN.CC(C)(O)CN.CC1(C)OCC(CN)O1.CS(=O)(=O)c1ccc(-c2ccnc3[nH]c(C(F)(F)F)cc23)s1.CS(=O)(=O)c1ccc(Br)s1.NC1CCOCC1.NC1CCOCC1.NCC(O)CO.NS(=O)(=O)c1ccc(-c2ccnc3[nH]c(C(F)(F)F)cc23)s1.O=S(=O)(Cl)c1ccc(Br)s1.OB(O)c1ccnc2[nH]c(C(F)(F)F)cc12. The second kappa shape index (κ2) is 59.7. The molecule has 15 heterocycles. The first-order valence-corrected chi connectivity index (χ1v) is 55.4. The summed E-state index contributed by atoms with van der Waals surface area (Å²) in [4.78, 5) is 23.1. The smallest absolute Gasteiger partial charge is 0.437 e. The fraction of sp³-hybridized carbons (Fsp3) is 0.543. The molecule has 0 aliphatic carbocycles. The van der Waals surface area contributed by atoms with Crippen molar-refractivity contribution in [3.05, 3.63) is 128 Å². The number of piperidine rings is 2. The van der Waals surface area contributed by atoms with Crippen molar-refractivity contribution in [2.75, 3.05) is 105 Å². The van der Waals surface area contributed by atoms with Crippen LogP contribution in [0.2, 0.25) is 13.6 Å². The van der Waals surface area contributed by atoms with Crippen LogP contribution < -0.4 is 56.5 Å². The number of alkyl halides is 9. The Morgan fingerprint density at radius 1 is 0.525 bits per heavy atom. The summed E-state index contributed by atoms with van der Waals surface area (Å²) in [7, 11) is -11.1. The number of halogens is 12. The van der Waals surface area contributed by atoms with E-state index in [-0.39, 0.29) is 79.2 Å². The van der Waals surface area contributed by atoms with Crippen LogP contribution in [-0.2, 0) is 76.2 Å². The number of aliphatic hydroxyl groups is 4. The highest BCUT2D eigenvalue weighted by Crippen LogP contribution is 2.41. The number of aromatic nitrogens is 6. The number of fused-ring (bicyclic) bond motifs is 3. The average molecular weight is 2310 g/mol. The number of hydrogen-bond donors (Lipinski definition) is 20. The number of sulfonamides is 1. The molecule has 2 atom stereocenters. The van der Waals surface area contributed by atoms with Gasteiger partial charge in [0.05, 0.1) is 44.2 Å². The molecule has 10 aromatic rings. The van der Waals surface area contributed by atoms with Gasteiger partial charge < -0.3 is 130 Å². The number of H-pyrrole nitrogens is 3. The summed E-state index contributed by atoms with van der Waals surface area (Å²) in [6, 6.07) is 20.9. The van der Waals surface area contributed by atoms with Crippen molar-refractivity contribution in [1.82, 2.24) is 39.5 Å². The summed E-state index contributed by atoms with van der Waals surface area (Å²) in [6.07, 6.45) is 0.305. The second-order valence-corrected chi connectivity index (χ2v) is 49.6. The van der Waals surface area contributed by atoms with E-state index in [0.29, 0.717) is 80.9 Å². The number of pyridine rings is 3. The first kappa shape index (κ1) is 130. The number of thiophene rings is 4. The maximum atomic E-state index is 12.8. The first-order valence-electron chi connectivity index (χ1n) is 42.9. The molecule has 0 bridgehead atoms. The van der Waals surface area contributed by atoms with Crippen LogP contribution in [-0.4, -0.2) is 293 Å². The number of ether oxygens (including phenoxy) is 4. The van der Waals surface area contributed by atoms with Crippen LogP contribution in [0.3, 0.4) is 0 Å². The zero-order valence-corrected chi connectivity index (χ0v) is 89.2. The number of nitrogens with two attached hydrogens (primary N) is 9. The standard InChI is InChI=1S/C13H9F3N2O2S2.C12H8F3N3O2S2.C8H6BF3N2O2.2C6H15BN2O.C6H13NO2.C5H5BrO2S2.2C5H11NO.C4H2BrClO2S2.2C4H11NO.C3H9NO2/c1-22(19,20)11-3-2-9(21-11)7-4-5-17-12-8(7)6-10(18-12)13(14,15)16;13-12(14,15)9-5-7-6(3-4-17-11(7)18-9)8-1-2-10(21-8)22(16,19)20;10-8(11,12)6-3-4-5(9(15)16)1-2-13-7(4)14-6;2*1-7(10)9-4-2-6(8)3-5-9;1-6(2)8-4-5(3-7)9-6;1-10(7,8)5-3-2-4(6)9-5;2*6-5-1-3-7-4-2-5;5-3-1-2-4(9-3)10(6,7)8;2*1-4(2,6)3-5;4-1-3(6)2-5/h2-6H,1H3,(H,17,18);1-5H,(H,17,18)(H2,16,19,20);1-3,15-16H,(H,13,14);2*6,10H,2-5,8H2,1H3;5H,3-4,7H2,1-2H3;2-3H,1H3;2*5H,1-4,6H2;1-2H;2*6H,3,5H2,1-2H3;3,5-6H,1-2,4H2. The summed E-state index contributed by atoms with van der Waals surface area (Å²) in [6.45, 7) is 23.0. The van der Waals surface area contributed by atoms with Gasteiger partial charge in [-0.05, 0) is 255 Å². The van der Waals surface area contributed by atoms with Gasteiger partial charge in [0, 0.05) is 156 Å². The highest BCUT2D eigenvalue weighted by Gasteiger charge is 2.37. The van der Waals surface area contributed by atoms with E-state index in [1.807, 2.05) is 23.5 Å². The molecule has 0 amide bonds. The fourth-order valence-corrected chi connectivity index (χ4v) is 20.5. The second-order valence-electron chi connectivity index (χ2n) is 33.4. The van der Waals surface area contributed by atoms with Gasteiger partial charge in [-0.15, -0.1) is 45.3 Å². The third kappa shape index (κ3) is 50.0. The summed E-state index contributed by atoms with van der Waals surface area (Å²) in [5, 5.41) is 75.6.